The van der Waals surface area contributed by atoms with Gasteiger partial charge >= 0.3 is 0 Å². The van der Waals surface area contributed by atoms with Crippen LogP contribution in [0, 0.1) is 12.8 Å². The molecule has 5 rings (SSSR count). The molecule has 2 aliphatic rings. The largest absolute Gasteiger partial charge is 0.497 e. The van der Waals surface area contributed by atoms with Gasteiger partial charge in [-0.05, 0) is 36.6 Å². The van der Waals surface area contributed by atoms with E-state index in [2.05, 4.69) is 45.4 Å². The zero-order valence-corrected chi connectivity index (χ0v) is 19.3. The van der Waals surface area contributed by atoms with Crippen LogP contribution in [0.5, 0.6) is 5.75 Å². The van der Waals surface area contributed by atoms with E-state index in [0.717, 1.165) is 55.6 Å². The van der Waals surface area contributed by atoms with Crippen molar-refractivity contribution in [3.05, 3.63) is 77.4 Å². The van der Waals surface area contributed by atoms with Gasteiger partial charge < -0.3 is 9.64 Å². The Hall–Kier alpha value is -3.19. The second kappa shape index (κ2) is 8.98. The molecule has 1 amide bonds. The van der Waals surface area contributed by atoms with Crippen LogP contribution < -0.4 is 4.74 Å². The molecule has 33 heavy (non-hydrogen) atoms. The summed E-state index contributed by atoms with van der Waals surface area (Å²) in [4.78, 5) is 22.4. The van der Waals surface area contributed by atoms with Gasteiger partial charge in [0.2, 0.25) is 5.91 Å². The van der Waals surface area contributed by atoms with Gasteiger partial charge in [-0.3, -0.25) is 14.8 Å². The number of hydrogen-bond donors (Lipinski definition) is 1. The van der Waals surface area contributed by atoms with E-state index in [1.165, 1.54) is 5.56 Å². The zero-order chi connectivity index (χ0) is 22.8. The Morgan fingerprint density at radius 2 is 1.88 bits per heavy atom. The lowest BCUT2D eigenvalue weighted by Gasteiger charge is -2.27. The summed E-state index contributed by atoms with van der Waals surface area (Å²) in [6, 6.07) is 18.5. The number of likely N-dealkylation sites (tertiary alicyclic amines) is 2. The van der Waals surface area contributed by atoms with Gasteiger partial charge in [-0.25, -0.2) is 4.98 Å². The van der Waals surface area contributed by atoms with Gasteiger partial charge in [0, 0.05) is 45.1 Å². The Bertz CT molecular complexity index is 1100. The van der Waals surface area contributed by atoms with Crippen molar-refractivity contribution in [2.75, 3.05) is 33.3 Å². The fourth-order valence-corrected chi connectivity index (χ4v) is 5.40. The van der Waals surface area contributed by atoms with E-state index in [9.17, 15) is 4.79 Å². The maximum absolute atomic E-state index is 13.2. The molecule has 0 spiro atoms. The number of fused-ring (bicyclic) bond motifs is 1. The second-order valence-electron chi connectivity index (χ2n) is 9.38. The van der Waals surface area contributed by atoms with Gasteiger partial charge in [-0.15, -0.1) is 0 Å². The van der Waals surface area contributed by atoms with E-state index >= 15 is 0 Å². The number of aryl methyl sites for hydroxylation is 2. The molecule has 3 aromatic rings. The third kappa shape index (κ3) is 4.37. The van der Waals surface area contributed by atoms with E-state index < -0.39 is 0 Å². The van der Waals surface area contributed by atoms with Crippen molar-refractivity contribution in [2.45, 2.75) is 31.7 Å². The number of aromatic amines is 1. The lowest BCUT2D eigenvalue weighted by molar-refractivity contribution is -0.130. The zero-order valence-electron chi connectivity index (χ0n) is 19.3. The Morgan fingerprint density at radius 1 is 1.09 bits per heavy atom. The van der Waals surface area contributed by atoms with Gasteiger partial charge in [0.1, 0.15) is 11.6 Å². The van der Waals surface area contributed by atoms with E-state index in [4.69, 9.17) is 9.72 Å². The van der Waals surface area contributed by atoms with Crippen molar-refractivity contribution >= 4 is 5.91 Å². The predicted octanol–water partition coefficient (Wildman–Crippen LogP) is 2.97. The number of carbonyl (C=O) groups excluding carboxylic acids is 1. The normalized spacial score (nSPS) is 22.5. The van der Waals surface area contributed by atoms with Crippen molar-refractivity contribution in [3.63, 3.8) is 0 Å². The number of rotatable bonds is 7. The molecule has 7 nitrogen and oxygen atoms in total. The fraction of sp³-hybridized carbons (Fsp3) is 0.423. The molecular weight excluding hydrogens is 414 g/mol. The first-order chi connectivity index (χ1) is 16.1. The molecule has 0 aliphatic carbocycles. The number of methoxy groups -OCH3 is 1. The molecule has 2 aliphatic heterocycles. The quantitative estimate of drug-likeness (QED) is 0.605. The van der Waals surface area contributed by atoms with E-state index in [0.29, 0.717) is 18.9 Å². The Labute approximate surface area is 194 Å². The van der Waals surface area contributed by atoms with Crippen LogP contribution in [0.25, 0.3) is 0 Å². The van der Waals surface area contributed by atoms with Gasteiger partial charge in [0.25, 0.3) is 0 Å². The first kappa shape index (κ1) is 21.6. The molecule has 3 heterocycles. The molecule has 0 unspecified atom stereocenters. The average Bonchev–Trinajstić information content (AvgIpc) is 3.51. The molecule has 1 aromatic heterocycles. The summed E-state index contributed by atoms with van der Waals surface area (Å²) >= 11 is 0. The summed E-state index contributed by atoms with van der Waals surface area (Å²) in [6.45, 7) is 6.11. The highest BCUT2D eigenvalue weighted by atomic mass is 16.5. The van der Waals surface area contributed by atoms with Crippen LogP contribution in [0.4, 0.5) is 0 Å². The lowest BCUT2D eigenvalue weighted by atomic mass is 9.80. The Morgan fingerprint density at radius 3 is 2.58 bits per heavy atom. The van der Waals surface area contributed by atoms with Gasteiger partial charge in [0.15, 0.2) is 5.82 Å². The highest BCUT2D eigenvalue weighted by molar-refractivity contribution is 5.77. The molecule has 0 saturated carbocycles. The van der Waals surface area contributed by atoms with Crippen LogP contribution >= 0.6 is 0 Å². The number of amides is 1. The smallest absolute Gasteiger partial charge is 0.222 e. The molecule has 172 valence electrons. The van der Waals surface area contributed by atoms with Crippen molar-refractivity contribution < 1.29 is 9.53 Å². The first-order valence-electron chi connectivity index (χ1n) is 11.6. The number of ether oxygens (including phenoxy) is 1. The molecule has 1 N–H and O–H groups in total. The Balaban J connectivity index is 1.28. The summed E-state index contributed by atoms with van der Waals surface area (Å²) in [5.74, 6) is 3.05. The first-order valence-corrected chi connectivity index (χ1v) is 11.6. The molecular formula is C26H31N5O2. The standard InChI is InChI=1S/C26H31N5O2/c1-19-27-25(29-28-19)26-17-30(14-21-6-4-3-5-7-21)15-22(26)16-31(18-26)24(32)13-10-20-8-11-23(33-2)12-9-20/h3-9,11-12,22H,10,13-18H2,1-2H3,(H,27,28,29)/t22-,26-/m0/s1. The van der Waals surface area contributed by atoms with Gasteiger partial charge in [0.05, 0.1) is 12.5 Å². The minimum Gasteiger partial charge on any atom is -0.497 e. The molecule has 0 bridgehead atoms. The number of aromatic nitrogens is 3. The summed E-state index contributed by atoms with van der Waals surface area (Å²) in [5.41, 5.74) is 2.25. The molecule has 2 aromatic carbocycles. The van der Waals surface area contributed by atoms with Crippen LogP contribution in [0.15, 0.2) is 54.6 Å². The number of nitrogens with one attached hydrogen (secondary N) is 1. The molecule has 2 fully saturated rings. The second-order valence-corrected chi connectivity index (χ2v) is 9.38. The number of benzene rings is 2. The average molecular weight is 446 g/mol. The third-order valence-electron chi connectivity index (χ3n) is 7.11. The minimum absolute atomic E-state index is 0.210. The number of hydrogen-bond acceptors (Lipinski definition) is 5. The van der Waals surface area contributed by atoms with E-state index in [-0.39, 0.29) is 11.3 Å². The molecule has 7 heteroatoms. The van der Waals surface area contributed by atoms with E-state index in [1.54, 1.807) is 7.11 Å². The van der Waals surface area contributed by atoms with Crippen LogP contribution in [0.3, 0.4) is 0 Å². The molecule has 2 atom stereocenters. The van der Waals surface area contributed by atoms with Crippen molar-refractivity contribution in [3.8, 4) is 5.75 Å². The summed E-state index contributed by atoms with van der Waals surface area (Å²) in [5, 5.41) is 7.59. The van der Waals surface area contributed by atoms with Crippen molar-refractivity contribution in [1.29, 1.82) is 0 Å². The lowest BCUT2D eigenvalue weighted by Crippen LogP contribution is -2.40. The third-order valence-corrected chi connectivity index (χ3v) is 7.11. The number of H-pyrrole nitrogens is 1. The maximum atomic E-state index is 13.2. The monoisotopic (exact) mass is 445 g/mol. The maximum Gasteiger partial charge on any atom is 0.222 e. The SMILES string of the molecule is COc1ccc(CCC(=O)N2C[C@@H]3CN(Cc4ccccc4)C[C@]3(c3n[nH]c(C)n3)C2)cc1. The van der Waals surface area contributed by atoms with Crippen molar-refractivity contribution in [2.24, 2.45) is 5.92 Å². The number of carbonyl (C=O) groups is 1. The highest BCUT2D eigenvalue weighted by Crippen LogP contribution is 2.44. The van der Waals surface area contributed by atoms with Crippen LogP contribution in [-0.2, 0) is 23.2 Å². The van der Waals surface area contributed by atoms with Crippen LogP contribution in [-0.4, -0.2) is 64.2 Å². The molecule has 0 radical (unpaired) electrons. The topological polar surface area (TPSA) is 74.3 Å². The van der Waals surface area contributed by atoms with E-state index in [1.807, 2.05) is 36.1 Å². The summed E-state index contributed by atoms with van der Waals surface area (Å²) in [7, 11) is 1.66. The summed E-state index contributed by atoms with van der Waals surface area (Å²) in [6.07, 6.45) is 1.24. The van der Waals surface area contributed by atoms with Crippen LogP contribution in [0.2, 0.25) is 0 Å². The fourth-order valence-electron chi connectivity index (χ4n) is 5.40. The minimum atomic E-state index is -0.213. The summed E-state index contributed by atoms with van der Waals surface area (Å²) < 4.78 is 5.23. The number of nitrogens with zero attached hydrogens (tertiary/aromatic N) is 4. The van der Waals surface area contributed by atoms with Crippen molar-refractivity contribution in [1.82, 2.24) is 25.0 Å². The predicted molar refractivity (Wildman–Crippen MR) is 126 cm³/mol. The van der Waals surface area contributed by atoms with Crippen LogP contribution in [0.1, 0.15) is 29.2 Å². The van der Waals surface area contributed by atoms with Gasteiger partial charge in [-0.2, -0.15) is 5.10 Å². The highest BCUT2D eigenvalue weighted by Gasteiger charge is 2.56. The Kier molecular flexibility index (Phi) is 5.89. The van der Waals surface area contributed by atoms with Gasteiger partial charge in [-0.1, -0.05) is 42.5 Å². The molecule has 2 saturated heterocycles.